The molecule has 0 fully saturated rings. The van der Waals surface area contributed by atoms with Crippen LogP contribution in [0.25, 0.3) is 10.8 Å². The van der Waals surface area contributed by atoms with Crippen LogP contribution in [0.2, 0.25) is 0 Å². The van der Waals surface area contributed by atoms with E-state index in [-0.39, 0.29) is 5.75 Å². The molecule has 0 saturated carbocycles. The number of benzene rings is 2. The van der Waals surface area contributed by atoms with Gasteiger partial charge in [0.15, 0.2) is 0 Å². The molecule has 0 aliphatic rings. The summed E-state index contributed by atoms with van der Waals surface area (Å²) in [5, 5.41) is 11.8. The highest BCUT2D eigenvalue weighted by molar-refractivity contribution is 5.89. The van der Waals surface area contributed by atoms with Gasteiger partial charge in [-0.1, -0.05) is 41.5 Å². The normalized spacial score (nSPS) is 11.5. The minimum atomic E-state index is 0.234. The fourth-order valence-corrected chi connectivity index (χ4v) is 2.34. The Morgan fingerprint density at radius 2 is 1.86 bits per heavy atom. The number of rotatable bonds is 6. The molecule has 116 valence electrons. The molecule has 0 saturated heterocycles. The molecule has 0 aliphatic heterocycles. The standard InChI is InChI=1S/C20H24O2/c1-15(2)7-6-8-16(3)11-12-22-20-14-18(21)13-17-9-4-5-10-19(17)20/h4-5,7,9-11,13-14,21H,6,8,12H2,1-3H3/b16-11+. The zero-order valence-corrected chi connectivity index (χ0v) is 13.6. The minimum Gasteiger partial charge on any atom is -0.508 e. The van der Waals surface area contributed by atoms with Crippen LogP contribution >= 0.6 is 0 Å². The predicted molar refractivity (Wildman–Crippen MR) is 93.5 cm³/mol. The van der Waals surface area contributed by atoms with Crippen LogP contribution in [0.3, 0.4) is 0 Å². The Morgan fingerprint density at radius 3 is 2.64 bits per heavy atom. The summed E-state index contributed by atoms with van der Waals surface area (Å²) in [6, 6.07) is 11.3. The average molecular weight is 296 g/mol. The highest BCUT2D eigenvalue weighted by atomic mass is 16.5. The van der Waals surface area contributed by atoms with Crippen LogP contribution in [0.4, 0.5) is 0 Å². The second-order valence-corrected chi connectivity index (χ2v) is 5.85. The molecule has 0 radical (unpaired) electrons. The van der Waals surface area contributed by atoms with Gasteiger partial charge in [-0.3, -0.25) is 0 Å². The number of phenols is 1. The molecule has 2 aromatic carbocycles. The van der Waals surface area contributed by atoms with Gasteiger partial charge in [-0.15, -0.1) is 0 Å². The summed E-state index contributed by atoms with van der Waals surface area (Å²) in [4.78, 5) is 0. The van der Waals surface area contributed by atoms with E-state index in [4.69, 9.17) is 4.74 Å². The maximum atomic E-state index is 9.79. The molecule has 0 aromatic heterocycles. The van der Waals surface area contributed by atoms with Crippen molar-refractivity contribution in [2.45, 2.75) is 33.6 Å². The van der Waals surface area contributed by atoms with Gasteiger partial charge in [0.2, 0.25) is 0 Å². The molecule has 2 nitrogen and oxygen atoms in total. The zero-order valence-electron chi connectivity index (χ0n) is 13.6. The van der Waals surface area contributed by atoms with E-state index in [9.17, 15) is 5.11 Å². The first-order valence-electron chi connectivity index (χ1n) is 7.70. The molecule has 2 heteroatoms. The van der Waals surface area contributed by atoms with Gasteiger partial charge in [-0.05, 0) is 51.1 Å². The van der Waals surface area contributed by atoms with Gasteiger partial charge < -0.3 is 9.84 Å². The number of fused-ring (bicyclic) bond motifs is 1. The van der Waals surface area contributed by atoms with Crippen molar-refractivity contribution in [1.82, 2.24) is 0 Å². The Balaban J connectivity index is 2.01. The maximum Gasteiger partial charge on any atom is 0.131 e. The van der Waals surface area contributed by atoms with Crippen molar-refractivity contribution >= 4 is 10.8 Å². The van der Waals surface area contributed by atoms with Crippen LogP contribution in [-0.4, -0.2) is 11.7 Å². The van der Waals surface area contributed by atoms with E-state index in [0.29, 0.717) is 6.61 Å². The number of hydrogen-bond donors (Lipinski definition) is 1. The highest BCUT2D eigenvalue weighted by Gasteiger charge is 2.04. The molecule has 22 heavy (non-hydrogen) atoms. The van der Waals surface area contributed by atoms with Crippen LogP contribution in [0.15, 0.2) is 59.7 Å². The van der Waals surface area contributed by atoms with Crippen LogP contribution < -0.4 is 4.74 Å². The third kappa shape index (κ3) is 4.66. The number of allylic oxidation sites excluding steroid dienone is 3. The molecule has 0 spiro atoms. The largest absolute Gasteiger partial charge is 0.508 e. The summed E-state index contributed by atoms with van der Waals surface area (Å²) in [6.45, 7) is 6.89. The average Bonchev–Trinajstić information content (AvgIpc) is 2.46. The summed E-state index contributed by atoms with van der Waals surface area (Å²) in [5.74, 6) is 0.960. The number of phenolic OH excluding ortho intramolecular Hbond substituents is 1. The summed E-state index contributed by atoms with van der Waals surface area (Å²) in [6.07, 6.45) is 6.48. The SMILES string of the molecule is CC(C)=CCC/C(C)=C/COc1cc(O)cc2ccccc12. The molecule has 0 unspecified atom stereocenters. The first-order valence-corrected chi connectivity index (χ1v) is 7.70. The smallest absolute Gasteiger partial charge is 0.131 e. The zero-order chi connectivity index (χ0) is 15.9. The molecule has 0 heterocycles. The molecular weight excluding hydrogens is 272 g/mol. The third-order valence-corrected chi connectivity index (χ3v) is 3.57. The van der Waals surface area contributed by atoms with E-state index < -0.39 is 0 Å². The Morgan fingerprint density at radius 1 is 1.09 bits per heavy atom. The maximum absolute atomic E-state index is 9.79. The lowest BCUT2D eigenvalue weighted by molar-refractivity contribution is 0.363. The summed E-state index contributed by atoms with van der Waals surface area (Å²) in [7, 11) is 0. The molecular formula is C20H24O2. The van der Waals surface area contributed by atoms with E-state index >= 15 is 0 Å². The molecule has 0 aliphatic carbocycles. The van der Waals surface area contributed by atoms with Crippen molar-refractivity contribution < 1.29 is 9.84 Å². The van der Waals surface area contributed by atoms with E-state index in [1.54, 1.807) is 12.1 Å². The van der Waals surface area contributed by atoms with Crippen LogP contribution in [0, 0.1) is 0 Å². The second-order valence-electron chi connectivity index (χ2n) is 5.85. The fourth-order valence-electron chi connectivity index (χ4n) is 2.34. The van der Waals surface area contributed by atoms with Crippen molar-refractivity contribution in [2.75, 3.05) is 6.61 Å². The van der Waals surface area contributed by atoms with Gasteiger partial charge >= 0.3 is 0 Å². The molecule has 0 amide bonds. The minimum absolute atomic E-state index is 0.234. The van der Waals surface area contributed by atoms with E-state index in [2.05, 4.69) is 32.9 Å². The van der Waals surface area contributed by atoms with Crippen molar-refractivity contribution in [3.8, 4) is 11.5 Å². The quantitative estimate of drug-likeness (QED) is 0.701. The van der Waals surface area contributed by atoms with Crippen molar-refractivity contribution in [3.63, 3.8) is 0 Å². The summed E-state index contributed by atoms with van der Waals surface area (Å²) >= 11 is 0. The molecule has 1 N–H and O–H groups in total. The van der Waals surface area contributed by atoms with Gasteiger partial charge in [-0.25, -0.2) is 0 Å². The Hall–Kier alpha value is -2.22. The molecule has 0 bridgehead atoms. The van der Waals surface area contributed by atoms with Gasteiger partial charge in [0.1, 0.15) is 18.1 Å². The van der Waals surface area contributed by atoms with Crippen LogP contribution in [0.5, 0.6) is 11.5 Å². The van der Waals surface area contributed by atoms with Crippen LogP contribution in [-0.2, 0) is 0 Å². The first kappa shape index (κ1) is 16.2. The molecule has 2 rings (SSSR count). The van der Waals surface area contributed by atoms with Crippen molar-refractivity contribution in [1.29, 1.82) is 0 Å². The third-order valence-electron chi connectivity index (χ3n) is 3.57. The Labute approximate surface area is 132 Å². The Kier molecular flexibility index (Phi) is 5.65. The predicted octanol–water partition coefficient (Wildman–Crippen LogP) is 5.62. The monoisotopic (exact) mass is 296 g/mol. The summed E-state index contributed by atoms with van der Waals surface area (Å²) < 4.78 is 5.85. The van der Waals surface area contributed by atoms with Crippen molar-refractivity contribution in [3.05, 3.63) is 59.7 Å². The molecule has 0 atom stereocenters. The summed E-state index contributed by atoms with van der Waals surface area (Å²) in [5.41, 5.74) is 2.68. The van der Waals surface area contributed by atoms with E-state index in [0.717, 1.165) is 29.4 Å². The van der Waals surface area contributed by atoms with E-state index in [1.807, 2.05) is 24.3 Å². The molecule has 2 aromatic rings. The van der Waals surface area contributed by atoms with Gasteiger partial charge in [0.05, 0.1) is 0 Å². The highest BCUT2D eigenvalue weighted by Crippen LogP contribution is 2.30. The lowest BCUT2D eigenvalue weighted by Gasteiger charge is -2.09. The van der Waals surface area contributed by atoms with Crippen molar-refractivity contribution in [2.24, 2.45) is 0 Å². The van der Waals surface area contributed by atoms with Gasteiger partial charge in [0.25, 0.3) is 0 Å². The van der Waals surface area contributed by atoms with Gasteiger partial charge in [0, 0.05) is 11.5 Å². The first-order chi connectivity index (χ1) is 10.6. The topological polar surface area (TPSA) is 29.5 Å². The van der Waals surface area contributed by atoms with Gasteiger partial charge in [-0.2, -0.15) is 0 Å². The fraction of sp³-hybridized carbons (Fsp3) is 0.300. The lowest BCUT2D eigenvalue weighted by atomic mass is 10.1. The number of ether oxygens (including phenoxy) is 1. The van der Waals surface area contributed by atoms with E-state index in [1.165, 1.54) is 11.1 Å². The lowest BCUT2D eigenvalue weighted by Crippen LogP contribution is -1.95. The van der Waals surface area contributed by atoms with Crippen LogP contribution in [0.1, 0.15) is 33.6 Å². The number of aromatic hydroxyl groups is 1. The second kappa shape index (κ2) is 7.69. The number of hydrogen-bond acceptors (Lipinski definition) is 2. The Bertz CT molecular complexity index is 692.